The lowest BCUT2D eigenvalue weighted by atomic mass is 9.69. The molecule has 0 spiro atoms. The predicted octanol–water partition coefficient (Wildman–Crippen LogP) is 5.95. The highest BCUT2D eigenvalue weighted by atomic mass is 16.3. The van der Waals surface area contributed by atoms with Crippen LogP contribution in [0.2, 0.25) is 0 Å². The lowest BCUT2D eigenvalue weighted by molar-refractivity contribution is -0.463. The van der Waals surface area contributed by atoms with Gasteiger partial charge in [-0.1, -0.05) is 54.3 Å². The van der Waals surface area contributed by atoms with Crippen molar-refractivity contribution in [3.63, 3.8) is 0 Å². The summed E-state index contributed by atoms with van der Waals surface area (Å²) < 4.78 is 2.05. The third-order valence-electron chi connectivity index (χ3n) is 9.67. The van der Waals surface area contributed by atoms with Crippen LogP contribution in [0.25, 0.3) is 37.5 Å². The van der Waals surface area contributed by atoms with E-state index in [-0.39, 0.29) is 39.7 Å². The quantitative estimate of drug-likeness (QED) is 0.101. The largest absolute Gasteiger partial charge is 0.872 e. The number of allylic oxidation sites excluding steroid dienone is 3. The smallest absolute Gasteiger partial charge is 0.270 e. The maximum atomic E-state index is 15.0. The van der Waals surface area contributed by atoms with Crippen molar-refractivity contribution in [2.75, 3.05) is 44.7 Å². The molecule has 8 heteroatoms. The van der Waals surface area contributed by atoms with E-state index in [9.17, 15) is 20.6 Å². The van der Waals surface area contributed by atoms with Crippen LogP contribution in [0.3, 0.4) is 0 Å². The Kier molecular flexibility index (Phi) is 6.18. The zero-order valence-electron chi connectivity index (χ0n) is 26.8. The molecule has 0 saturated heterocycles. The highest BCUT2D eigenvalue weighted by molar-refractivity contribution is 6.28. The van der Waals surface area contributed by atoms with Gasteiger partial charge in [0.2, 0.25) is 5.71 Å². The molecule has 0 saturated carbocycles. The second-order valence-corrected chi connectivity index (χ2v) is 12.5. The third kappa shape index (κ3) is 3.66. The molecule has 1 aliphatic heterocycles. The predicted molar refractivity (Wildman–Crippen MR) is 187 cm³/mol. The maximum Gasteiger partial charge on any atom is 0.270 e. The number of phenols is 2. The van der Waals surface area contributed by atoms with Crippen LogP contribution in [0.15, 0.2) is 101 Å². The minimum Gasteiger partial charge on any atom is -0.872 e. The number of nitriles is 1. The van der Waals surface area contributed by atoms with Crippen LogP contribution in [0.1, 0.15) is 27.8 Å². The van der Waals surface area contributed by atoms with E-state index in [2.05, 4.69) is 20.4 Å². The molecule has 0 radical (unpaired) electrons. The molecule has 5 aromatic carbocycles. The summed E-state index contributed by atoms with van der Waals surface area (Å²) in [6.07, 6.45) is 0. The summed E-state index contributed by atoms with van der Waals surface area (Å²) in [5.41, 5.74) is 7.49. The number of phenolic OH excluding ortho intramolecular Hbond substituents is 2. The van der Waals surface area contributed by atoms with Gasteiger partial charge in [-0.15, -0.1) is 0 Å². The summed E-state index contributed by atoms with van der Waals surface area (Å²) in [5, 5.41) is 50.6. The summed E-state index contributed by atoms with van der Waals surface area (Å²) in [5.74, 6) is -0.505. The molecule has 0 unspecified atom stereocenters. The fraction of sp³-hybridized carbons (Fsp3) is 0.125. The second kappa shape index (κ2) is 10.2. The molecule has 232 valence electrons. The molecule has 0 atom stereocenters. The summed E-state index contributed by atoms with van der Waals surface area (Å²) in [7, 11) is 7.87. The number of hydrogen-bond acceptors (Lipinski definition) is 6. The number of hydrogen-bond donors (Lipinski definition) is 2. The van der Waals surface area contributed by atoms with E-state index >= 15 is 0 Å². The Labute approximate surface area is 277 Å². The van der Waals surface area contributed by atoms with Crippen LogP contribution in [0.5, 0.6) is 11.5 Å². The molecule has 0 fully saturated rings. The van der Waals surface area contributed by atoms with E-state index in [4.69, 9.17) is 6.57 Å². The van der Waals surface area contributed by atoms with Crippen molar-refractivity contribution in [2.45, 2.75) is 0 Å². The Morgan fingerprint density at radius 2 is 1.42 bits per heavy atom. The molecule has 0 bridgehead atoms. The molecule has 0 amide bonds. The minimum absolute atomic E-state index is 0.0699. The zero-order valence-corrected chi connectivity index (χ0v) is 26.8. The highest BCUT2D eigenvalue weighted by Gasteiger charge is 2.39. The number of rotatable bonds is 1. The molecule has 0 aromatic heterocycles. The summed E-state index contributed by atoms with van der Waals surface area (Å²) in [4.78, 5) is 7.74. The van der Waals surface area contributed by atoms with Gasteiger partial charge in [-0.05, 0) is 58.2 Å². The number of benzene rings is 5. The molecule has 2 N–H and O–H groups in total. The van der Waals surface area contributed by atoms with Gasteiger partial charge in [0.05, 0.1) is 36.1 Å². The Balaban J connectivity index is 1.60. The number of aromatic hydroxyl groups is 2. The number of nitrogens with zero attached hydrogens (tertiary/aromatic N) is 5. The summed E-state index contributed by atoms with van der Waals surface area (Å²) in [6, 6.07) is 26.4. The topological polar surface area (TPSA) is 101 Å². The van der Waals surface area contributed by atoms with Crippen LogP contribution in [0.4, 0.5) is 11.4 Å². The van der Waals surface area contributed by atoms with Crippen LogP contribution < -0.4 is 14.9 Å². The Hall–Kier alpha value is -6.51. The molecule has 1 heterocycles. The van der Waals surface area contributed by atoms with E-state index in [0.717, 1.165) is 44.7 Å². The first kappa shape index (κ1) is 28.9. The average Bonchev–Trinajstić information content (AvgIpc) is 3.07. The van der Waals surface area contributed by atoms with E-state index < -0.39 is 0 Å². The van der Waals surface area contributed by atoms with E-state index in [1.807, 2.05) is 93.8 Å². The van der Waals surface area contributed by atoms with Crippen molar-refractivity contribution in [3.8, 4) is 17.6 Å². The normalized spacial score (nSPS) is 16.0. The van der Waals surface area contributed by atoms with Gasteiger partial charge in [-0.2, -0.15) is 0 Å². The van der Waals surface area contributed by atoms with Crippen LogP contribution in [0, 0.1) is 17.9 Å². The van der Waals surface area contributed by atoms with Crippen molar-refractivity contribution in [1.29, 1.82) is 5.26 Å². The maximum absolute atomic E-state index is 15.0. The fourth-order valence-electron chi connectivity index (χ4n) is 7.88. The van der Waals surface area contributed by atoms with Crippen molar-refractivity contribution < 1.29 is 19.9 Å². The molecular formula is C40H29N5O3. The van der Waals surface area contributed by atoms with Gasteiger partial charge in [0, 0.05) is 52.5 Å². The number of fused-ring (bicyclic) bond motifs is 4. The number of anilines is 2. The molecule has 8 rings (SSSR count). The second-order valence-electron chi connectivity index (χ2n) is 12.5. The fourth-order valence-corrected chi connectivity index (χ4v) is 7.88. The van der Waals surface area contributed by atoms with Gasteiger partial charge < -0.3 is 25.1 Å². The van der Waals surface area contributed by atoms with Crippen LogP contribution in [-0.4, -0.2) is 55.4 Å². The average molecular weight is 628 g/mol. The highest BCUT2D eigenvalue weighted by Crippen LogP contribution is 2.58. The Bertz CT molecular complexity index is 2470. The van der Waals surface area contributed by atoms with E-state index in [1.165, 1.54) is 0 Å². The molecule has 3 aliphatic rings. The first-order chi connectivity index (χ1) is 23.2. The first-order valence-corrected chi connectivity index (χ1v) is 15.5. The molecule has 5 aromatic rings. The van der Waals surface area contributed by atoms with Gasteiger partial charge >= 0.3 is 0 Å². The van der Waals surface area contributed by atoms with Crippen LogP contribution >= 0.6 is 0 Å². The molecule has 8 nitrogen and oxygen atoms in total. The standard InChI is InChI=1S/C40H29N5O3/c1-42-26(19-41)32-36(30-21-11-6-8-13-23(21)38(43(2)3)24-14-9-7-12-22(24)30)40(48)37(32)35-31-25(15-10-16-28(31)46)39-33-27(44(4)20-45(39)5)17-18-29(47)34(33)35/h6-18H,20H2,2-5H3,(H2-,46,47,48)/b32-26+. The third-order valence-corrected chi connectivity index (χ3v) is 9.67. The monoisotopic (exact) mass is 627 g/mol. The first-order valence-electron chi connectivity index (χ1n) is 15.5. The Morgan fingerprint density at radius 1 is 0.792 bits per heavy atom. The lowest BCUT2D eigenvalue weighted by Crippen LogP contribution is -2.36. The van der Waals surface area contributed by atoms with Gasteiger partial charge in [-0.3, -0.25) is 0 Å². The minimum atomic E-state index is -0.364. The lowest BCUT2D eigenvalue weighted by Gasteiger charge is -2.42. The zero-order chi connectivity index (χ0) is 33.6. The SMILES string of the molecule is [C-]#[N+]/C(C#N)=C1\C(=C2c3ccccc3C(=[N+](C)C)c3ccccc32)C([O-])=C1c1c2c(O)cccc2c2c3c(ccc(O)c13)N(C)CN2C. The van der Waals surface area contributed by atoms with Crippen molar-refractivity contribution >= 4 is 49.8 Å². The summed E-state index contributed by atoms with van der Waals surface area (Å²) >= 11 is 0. The van der Waals surface area contributed by atoms with Gasteiger partial charge in [0.25, 0.3) is 5.70 Å². The van der Waals surface area contributed by atoms with Crippen molar-refractivity contribution in [2.24, 2.45) is 0 Å². The van der Waals surface area contributed by atoms with Crippen LogP contribution in [-0.2, 0) is 0 Å². The van der Waals surface area contributed by atoms with Gasteiger partial charge in [0.1, 0.15) is 25.6 Å². The van der Waals surface area contributed by atoms with E-state index in [1.54, 1.807) is 18.2 Å². The molecule has 48 heavy (non-hydrogen) atoms. The van der Waals surface area contributed by atoms with Gasteiger partial charge in [0.15, 0.2) is 0 Å². The summed E-state index contributed by atoms with van der Waals surface area (Å²) in [6.45, 7) is 8.64. The Morgan fingerprint density at radius 3 is 2.02 bits per heavy atom. The van der Waals surface area contributed by atoms with Gasteiger partial charge in [-0.25, -0.2) is 14.7 Å². The van der Waals surface area contributed by atoms with E-state index in [0.29, 0.717) is 34.0 Å². The molecule has 2 aliphatic carbocycles. The molecular weight excluding hydrogens is 598 g/mol. The van der Waals surface area contributed by atoms with Crippen molar-refractivity contribution in [3.05, 3.63) is 141 Å². The van der Waals surface area contributed by atoms with Crippen molar-refractivity contribution in [1.82, 2.24) is 0 Å².